The van der Waals surface area contributed by atoms with Crippen LogP contribution in [0.1, 0.15) is 28.4 Å². The predicted octanol–water partition coefficient (Wildman–Crippen LogP) is 4.94. The average Bonchev–Trinajstić information content (AvgIpc) is 2.31. The van der Waals surface area contributed by atoms with Crippen LogP contribution >= 0.6 is 27.5 Å². The van der Waals surface area contributed by atoms with Crippen LogP contribution in [-0.4, -0.2) is 5.11 Å². The lowest BCUT2D eigenvalue weighted by atomic mass is 9.98. The van der Waals surface area contributed by atoms with Gasteiger partial charge in [0.25, 0.3) is 0 Å². The van der Waals surface area contributed by atoms with E-state index < -0.39 is 11.9 Å². The zero-order valence-corrected chi connectivity index (χ0v) is 12.9. The first-order valence-corrected chi connectivity index (χ1v) is 6.96. The number of benzene rings is 2. The van der Waals surface area contributed by atoms with Crippen LogP contribution in [-0.2, 0) is 0 Å². The number of hydrogen-bond donors (Lipinski definition) is 1. The van der Waals surface area contributed by atoms with E-state index in [2.05, 4.69) is 15.9 Å². The third kappa shape index (κ3) is 3.16. The summed E-state index contributed by atoms with van der Waals surface area (Å²) in [4.78, 5) is 0. The average molecular weight is 344 g/mol. The molecule has 1 N–H and O–H groups in total. The predicted molar refractivity (Wildman–Crippen MR) is 79.1 cm³/mol. The van der Waals surface area contributed by atoms with E-state index >= 15 is 0 Å². The molecular formula is C15H13BrClFO. The molecule has 0 bridgehead atoms. The summed E-state index contributed by atoms with van der Waals surface area (Å²) in [5.74, 6) is -0.400. The Labute approximate surface area is 125 Å². The second-order valence-corrected chi connectivity index (χ2v) is 5.89. The summed E-state index contributed by atoms with van der Waals surface area (Å²) >= 11 is 9.37. The van der Waals surface area contributed by atoms with Crippen molar-refractivity contribution in [3.05, 3.63) is 67.9 Å². The number of halogens is 3. The maximum atomic E-state index is 13.4. The van der Waals surface area contributed by atoms with E-state index in [0.717, 1.165) is 11.1 Å². The molecule has 0 fully saturated rings. The van der Waals surface area contributed by atoms with Crippen LogP contribution in [0.4, 0.5) is 4.39 Å². The molecule has 0 aliphatic heterocycles. The fraction of sp³-hybridized carbons (Fsp3) is 0.200. The zero-order chi connectivity index (χ0) is 14.2. The lowest BCUT2D eigenvalue weighted by Gasteiger charge is -2.15. The molecule has 2 rings (SSSR count). The maximum Gasteiger partial charge on any atom is 0.124 e. The summed E-state index contributed by atoms with van der Waals surface area (Å²) in [5.41, 5.74) is 3.15. The molecule has 1 atom stereocenters. The third-order valence-corrected chi connectivity index (χ3v) is 3.89. The molecule has 1 unspecified atom stereocenters. The molecule has 0 radical (unpaired) electrons. The summed E-state index contributed by atoms with van der Waals surface area (Å²) in [6, 6.07) is 7.98. The lowest BCUT2D eigenvalue weighted by Crippen LogP contribution is -2.02. The number of aryl methyl sites for hydroxylation is 2. The van der Waals surface area contributed by atoms with Crippen molar-refractivity contribution in [1.29, 1.82) is 0 Å². The van der Waals surface area contributed by atoms with E-state index in [1.54, 1.807) is 6.07 Å². The molecule has 0 saturated heterocycles. The zero-order valence-electron chi connectivity index (χ0n) is 10.5. The van der Waals surface area contributed by atoms with Crippen LogP contribution in [0.5, 0.6) is 0 Å². The highest BCUT2D eigenvalue weighted by molar-refractivity contribution is 9.10. The van der Waals surface area contributed by atoms with E-state index in [1.165, 1.54) is 12.1 Å². The number of aliphatic hydroxyl groups is 1. The molecule has 100 valence electrons. The second-order valence-electron chi connectivity index (χ2n) is 4.56. The molecule has 0 aliphatic carbocycles. The third-order valence-electron chi connectivity index (χ3n) is 3.11. The SMILES string of the molecule is Cc1cc(Cl)c(C(O)c2cc(F)cc(Br)c2)cc1C. The molecule has 0 amide bonds. The minimum absolute atomic E-state index is 0.400. The van der Waals surface area contributed by atoms with E-state index in [9.17, 15) is 9.50 Å². The topological polar surface area (TPSA) is 20.2 Å². The van der Waals surface area contributed by atoms with E-state index in [-0.39, 0.29) is 0 Å². The Hall–Kier alpha value is -0.900. The Kier molecular flexibility index (Phi) is 4.29. The molecule has 0 heterocycles. The van der Waals surface area contributed by atoms with Crippen LogP contribution in [0.15, 0.2) is 34.8 Å². The fourth-order valence-electron chi connectivity index (χ4n) is 1.93. The van der Waals surface area contributed by atoms with Gasteiger partial charge in [-0.1, -0.05) is 33.6 Å². The summed E-state index contributed by atoms with van der Waals surface area (Å²) in [5, 5.41) is 10.8. The van der Waals surface area contributed by atoms with Crippen LogP contribution in [0.25, 0.3) is 0 Å². The van der Waals surface area contributed by atoms with Gasteiger partial charge in [0.05, 0.1) is 0 Å². The Bertz CT molecular complexity index is 608. The molecule has 0 aliphatic rings. The second kappa shape index (κ2) is 5.61. The van der Waals surface area contributed by atoms with Crippen molar-refractivity contribution in [2.45, 2.75) is 20.0 Å². The lowest BCUT2D eigenvalue weighted by molar-refractivity contribution is 0.219. The van der Waals surface area contributed by atoms with Crippen LogP contribution in [0.3, 0.4) is 0 Å². The van der Waals surface area contributed by atoms with Crippen molar-refractivity contribution in [3.8, 4) is 0 Å². The van der Waals surface area contributed by atoms with Crippen molar-refractivity contribution < 1.29 is 9.50 Å². The minimum Gasteiger partial charge on any atom is -0.384 e. The molecule has 1 nitrogen and oxygen atoms in total. The molecule has 0 aromatic heterocycles. The molecule has 19 heavy (non-hydrogen) atoms. The summed E-state index contributed by atoms with van der Waals surface area (Å²) in [6.07, 6.45) is -0.946. The Morgan fingerprint density at radius 2 is 1.74 bits per heavy atom. The van der Waals surface area contributed by atoms with Gasteiger partial charge in [0.2, 0.25) is 0 Å². The van der Waals surface area contributed by atoms with Gasteiger partial charge in [0.15, 0.2) is 0 Å². The van der Waals surface area contributed by atoms with Gasteiger partial charge in [-0.2, -0.15) is 0 Å². The van der Waals surface area contributed by atoms with Crippen LogP contribution < -0.4 is 0 Å². The Morgan fingerprint density at radius 1 is 1.11 bits per heavy atom. The summed E-state index contributed by atoms with van der Waals surface area (Å²) in [7, 11) is 0. The van der Waals surface area contributed by atoms with Crippen molar-refractivity contribution in [1.82, 2.24) is 0 Å². The quantitative estimate of drug-likeness (QED) is 0.819. The highest BCUT2D eigenvalue weighted by Gasteiger charge is 2.16. The summed E-state index contributed by atoms with van der Waals surface area (Å²) in [6.45, 7) is 3.90. The normalized spacial score (nSPS) is 12.5. The van der Waals surface area contributed by atoms with E-state index in [4.69, 9.17) is 11.6 Å². The van der Waals surface area contributed by atoms with Gasteiger partial charge in [0.1, 0.15) is 11.9 Å². The first kappa shape index (κ1) is 14.5. The number of hydrogen-bond acceptors (Lipinski definition) is 1. The molecule has 2 aromatic rings. The van der Waals surface area contributed by atoms with Crippen molar-refractivity contribution in [2.75, 3.05) is 0 Å². The molecular weight excluding hydrogens is 331 g/mol. The standard InChI is InChI=1S/C15H13BrClFO/c1-8-3-13(14(17)4-9(8)2)15(19)10-5-11(16)7-12(18)6-10/h3-7,15,19H,1-2H3. The van der Waals surface area contributed by atoms with Gasteiger partial charge in [-0.3, -0.25) is 0 Å². The van der Waals surface area contributed by atoms with Gasteiger partial charge >= 0.3 is 0 Å². The Morgan fingerprint density at radius 3 is 2.37 bits per heavy atom. The van der Waals surface area contributed by atoms with E-state index in [1.807, 2.05) is 26.0 Å². The van der Waals surface area contributed by atoms with Gasteiger partial charge in [0, 0.05) is 15.1 Å². The van der Waals surface area contributed by atoms with Gasteiger partial charge < -0.3 is 5.11 Å². The molecule has 2 aromatic carbocycles. The highest BCUT2D eigenvalue weighted by atomic mass is 79.9. The number of aliphatic hydroxyl groups excluding tert-OH is 1. The molecule has 0 spiro atoms. The van der Waals surface area contributed by atoms with Crippen molar-refractivity contribution >= 4 is 27.5 Å². The largest absolute Gasteiger partial charge is 0.384 e. The maximum absolute atomic E-state index is 13.4. The van der Waals surface area contributed by atoms with Gasteiger partial charge in [-0.25, -0.2) is 4.39 Å². The first-order valence-electron chi connectivity index (χ1n) is 5.79. The van der Waals surface area contributed by atoms with E-state index in [0.29, 0.717) is 20.6 Å². The van der Waals surface area contributed by atoms with Gasteiger partial charge in [-0.05, 0) is 54.8 Å². The Balaban J connectivity index is 2.49. The van der Waals surface area contributed by atoms with Crippen LogP contribution in [0.2, 0.25) is 5.02 Å². The smallest absolute Gasteiger partial charge is 0.124 e. The summed E-state index contributed by atoms with van der Waals surface area (Å²) < 4.78 is 14.0. The fourth-order valence-corrected chi connectivity index (χ4v) is 2.73. The highest BCUT2D eigenvalue weighted by Crippen LogP contribution is 2.32. The first-order chi connectivity index (χ1) is 8.88. The van der Waals surface area contributed by atoms with Crippen molar-refractivity contribution in [3.63, 3.8) is 0 Å². The number of rotatable bonds is 2. The van der Waals surface area contributed by atoms with Crippen LogP contribution in [0, 0.1) is 19.7 Å². The molecule has 4 heteroatoms. The van der Waals surface area contributed by atoms with Gasteiger partial charge in [-0.15, -0.1) is 0 Å². The monoisotopic (exact) mass is 342 g/mol. The van der Waals surface area contributed by atoms with Crippen molar-refractivity contribution in [2.24, 2.45) is 0 Å². The molecule has 0 saturated carbocycles. The minimum atomic E-state index is -0.946.